The number of carbonyl (C=O) groups is 1. The van der Waals surface area contributed by atoms with Gasteiger partial charge in [0.15, 0.2) is 0 Å². The lowest BCUT2D eigenvalue weighted by molar-refractivity contribution is 0.0927. The molecule has 7 heteroatoms. The van der Waals surface area contributed by atoms with Gasteiger partial charge in [0.25, 0.3) is 5.91 Å². The second-order valence-corrected chi connectivity index (χ2v) is 9.56. The van der Waals surface area contributed by atoms with Crippen molar-refractivity contribution < 1.29 is 13.2 Å². The molecule has 1 aliphatic rings. The van der Waals surface area contributed by atoms with Gasteiger partial charge in [-0.15, -0.1) is 6.42 Å². The zero-order chi connectivity index (χ0) is 20.2. The van der Waals surface area contributed by atoms with E-state index in [1.54, 1.807) is 0 Å². The summed E-state index contributed by atoms with van der Waals surface area (Å²) in [6.45, 7) is 0.467. The number of hydrogen-bond donors (Lipinski definition) is 2. The minimum Gasteiger partial charge on any atom is -0.351 e. The number of sulfonamides is 1. The van der Waals surface area contributed by atoms with E-state index < -0.39 is 10.0 Å². The Labute approximate surface area is 174 Å². The Hall–Kier alpha value is -2.14. The van der Waals surface area contributed by atoms with Crippen LogP contribution in [0.4, 0.5) is 0 Å². The van der Waals surface area contributed by atoms with Crippen LogP contribution in [0, 0.1) is 12.3 Å². The summed E-state index contributed by atoms with van der Waals surface area (Å²) in [5, 5.41) is 3.01. The van der Waals surface area contributed by atoms with Crippen LogP contribution in [0.2, 0.25) is 0 Å². The number of nitrogens with one attached hydrogen (secondary N) is 2. The lowest BCUT2D eigenvalue weighted by atomic mass is 9.64. The fourth-order valence-electron chi connectivity index (χ4n) is 3.35. The number of terminal acetylenes is 1. The van der Waals surface area contributed by atoms with Gasteiger partial charge < -0.3 is 5.32 Å². The molecule has 2 aromatic rings. The van der Waals surface area contributed by atoms with Crippen molar-refractivity contribution >= 4 is 31.9 Å². The van der Waals surface area contributed by atoms with Gasteiger partial charge in [0.1, 0.15) is 0 Å². The number of rotatable bonds is 7. The van der Waals surface area contributed by atoms with Gasteiger partial charge in [-0.3, -0.25) is 4.79 Å². The third-order valence-corrected chi connectivity index (χ3v) is 7.04. The van der Waals surface area contributed by atoms with Gasteiger partial charge in [0.05, 0.1) is 11.4 Å². The van der Waals surface area contributed by atoms with Crippen molar-refractivity contribution in [2.75, 3.05) is 13.1 Å². The first-order valence-corrected chi connectivity index (χ1v) is 11.2. The molecule has 1 aliphatic carbocycles. The van der Waals surface area contributed by atoms with Crippen LogP contribution in [0.3, 0.4) is 0 Å². The fourth-order valence-corrected chi connectivity index (χ4v) is 4.68. The molecule has 0 saturated heterocycles. The molecule has 1 amide bonds. The van der Waals surface area contributed by atoms with Crippen molar-refractivity contribution in [1.29, 1.82) is 0 Å². The number of carbonyl (C=O) groups excluding carboxylic acids is 1. The van der Waals surface area contributed by atoms with Crippen molar-refractivity contribution in [1.82, 2.24) is 10.0 Å². The highest BCUT2D eigenvalue weighted by Crippen LogP contribution is 2.43. The first-order chi connectivity index (χ1) is 13.4. The summed E-state index contributed by atoms with van der Waals surface area (Å²) in [4.78, 5) is 12.6. The second kappa shape index (κ2) is 8.48. The minimum atomic E-state index is -3.66. The maximum atomic E-state index is 12.6. The van der Waals surface area contributed by atoms with E-state index in [-0.39, 0.29) is 22.8 Å². The maximum absolute atomic E-state index is 12.6. The Balaban J connectivity index is 1.67. The van der Waals surface area contributed by atoms with E-state index in [1.165, 1.54) is 29.8 Å². The lowest BCUT2D eigenvalue weighted by Gasteiger charge is -2.42. The van der Waals surface area contributed by atoms with Crippen molar-refractivity contribution in [3.05, 3.63) is 64.1 Å². The smallest absolute Gasteiger partial charge is 0.251 e. The Morgan fingerprint density at radius 3 is 2.46 bits per heavy atom. The number of halogens is 1. The van der Waals surface area contributed by atoms with Gasteiger partial charge in [-0.1, -0.05) is 40.4 Å². The van der Waals surface area contributed by atoms with Gasteiger partial charge in [-0.25, -0.2) is 8.42 Å². The molecule has 0 atom stereocenters. The van der Waals surface area contributed by atoms with Crippen LogP contribution in [-0.4, -0.2) is 27.4 Å². The van der Waals surface area contributed by atoms with Gasteiger partial charge in [0.2, 0.25) is 10.0 Å². The fraction of sp³-hybridized carbons (Fsp3) is 0.286. The first kappa shape index (κ1) is 20.6. The van der Waals surface area contributed by atoms with Crippen molar-refractivity contribution in [3.63, 3.8) is 0 Å². The van der Waals surface area contributed by atoms with E-state index in [9.17, 15) is 13.2 Å². The third-order valence-electron chi connectivity index (χ3n) is 5.13. The van der Waals surface area contributed by atoms with E-state index in [0.717, 1.165) is 23.7 Å². The average molecular weight is 461 g/mol. The van der Waals surface area contributed by atoms with Crippen LogP contribution < -0.4 is 10.0 Å². The van der Waals surface area contributed by atoms with Crippen LogP contribution in [0.25, 0.3) is 0 Å². The van der Waals surface area contributed by atoms with Crippen LogP contribution in [-0.2, 0) is 15.4 Å². The average Bonchev–Trinajstić information content (AvgIpc) is 2.65. The van der Waals surface area contributed by atoms with Gasteiger partial charge in [0, 0.05) is 22.0 Å². The monoisotopic (exact) mass is 460 g/mol. The molecule has 0 spiro atoms. The molecule has 2 aromatic carbocycles. The molecule has 0 aromatic heterocycles. The molecule has 2 N–H and O–H groups in total. The van der Waals surface area contributed by atoms with Crippen LogP contribution in [0.15, 0.2) is 57.9 Å². The number of amides is 1. The van der Waals surface area contributed by atoms with Crippen molar-refractivity contribution in [3.8, 4) is 12.3 Å². The van der Waals surface area contributed by atoms with Gasteiger partial charge >= 0.3 is 0 Å². The number of benzene rings is 2. The summed E-state index contributed by atoms with van der Waals surface area (Å²) in [6.07, 6.45) is 8.28. The summed E-state index contributed by atoms with van der Waals surface area (Å²) in [5.74, 6) is 2.00. The Morgan fingerprint density at radius 1 is 1.18 bits per heavy atom. The summed E-state index contributed by atoms with van der Waals surface area (Å²) < 4.78 is 27.4. The van der Waals surface area contributed by atoms with E-state index in [1.807, 2.05) is 12.1 Å². The van der Waals surface area contributed by atoms with E-state index >= 15 is 0 Å². The van der Waals surface area contributed by atoms with Gasteiger partial charge in [-0.2, -0.15) is 4.72 Å². The summed E-state index contributed by atoms with van der Waals surface area (Å²) in [6, 6.07) is 14.0. The standard InChI is InChI=1S/C21H21BrN2O3S/c1-2-13-24-28(26,27)19-9-7-16(8-10-19)20(25)23-15-21(11-4-12-21)17-5-3-6-18(22)14-17/h1,3,5-10,14,24H,4,11-13,15H2,(H,23,25). The predicted octanol–water partition coefficient (Wildman–Crippen LogP) is 3.21. The molecule has 0 heterocycles. The molecule has 1 saturated carbocycles. The molecule has 0 unspecified atom stereocenters. The highest BCUT2D eigenvalue weighted by atomic mass is 79.9. The topological polar surface area (TPSA) is 75.3 Å². The van der Waals surface area contributed by atoms with Crippen LogP contribution in [0.5, 0.6) is 0 Å². The predicted molar refractivity (Wildman–Crippen MR) is 112 cm³/mol. The van der Waals surface area contributed by atoms with Gasteiger partial charge in [-0.05, 0) is 54.8 Å². The summed E-state index contributed by atoms with van der Waals surface area (Å²) in [7, 11) is -3.66. The summed E-state index contributed by atoms with van der Waals surface area (Å²) in [5.41, 5.74) is 1.59. The molecule has 0 aliphatic heterocycles. The van der Waals surface area contributed by atoms with Crippen molar-refractivity contribution in [2.45, 2.75) is 29.6 Å². The highest BCUT2D eigenvalue weighted by Gasteiger charge is 2.39. The van der Waals surface area contributed by atoms with E-state index in [0.29, 0.717) is 12.1 Å². The lowest BCUT2D eigenvalue weighted by Crippen LogP contribution is -2.45. The minimum absolute atomic E-state index is 0.0398. The molecule has 28 heavy (non-hydrogen) atoms. The summed E-state index contributed by atoms with van der Waals surface area (Å²) >= 11 is 3.51. The third kappa shape index (κ3) is 4.46. The molecule has 0 radical (unpaired) electrons. The van der Waals surface area contributed by atoms with Crippen LogP contribution in [0.1, 0.15) is 35.2 Å². The first-order valence-electron chi connectivity index (χ1n) is 8.94. The Morgan fingerprint density at radius 2 is 1.89 bits per heavy atom. The van der Waals surface area contributed by atoms with Crippen LogP contribution >= 0.6 is 15.9 Å². The zero-order valence-corrected chi connectivity index (χ0v) is 17.6. The second-order valence-electron chi connectivity index (χ2n) is 6.88. The molecule has 146 valence electrons. The van der Waals surface area contributed by atoms with E-state index in [4.69, 9.17) is 6.42 Å². The Bertz CT molecular complexity index is 1010. The maximum Gasteiger partial charge on any atom is 0.251 e. The SMILES string of the molecule is C#CCNS(=O)(=O)c1ccc(C(=O)NCC2(c3cccc(Br)c3)CCC2)cc1. The zero-order valence-electron chi connectivity index (χ0n) is 15.2. The highest BCUT2D eigenvalue weighted by molar-refractivity contribution is 9.10. The molecular formula is C21H21BrN2O3S. The molecular weight excluding hydrogens is 440 g/mol. The van der Waals surface area contributed by atoms with E-state index in [2.05, 4.69) is 44.0 Å². The largest absolute Gasteiger partial charge is 0.351 e. The molecule has 3 rings (SSSR count). The molecule has 5 nitrogen and oxygen atoms in total. The molecule has 1 fully saturated rings. The Kier molecular flexibility index (Phi) is 6.23. The quantitative estimate of drug-likeness (QED) is 0.622. The number of hydrogen-bond acceptors (Lipinski definition) is 3. The van der Waals surface area contributed by atoms with Crippen molar-refractivity contribution in [2.24, 2.45) is 0 Å². The molecule has 0 bridgehead atoms. The normalized spacial score (nSPS) is 15.3.